The van der Waals surface area contributed by atoms with Gasteiger partial charge in [-0.25, -0.2) is 4.79 Å². The number of rotatable bonds is 16. The zero-order chi connectivity index (χ0) is 33.9. The van der Waals surface area contributed by atoms with Crippen LogP contribution in [0.2, 0.25) is 0 Å². The zero-order valence-electron chi connectivity index (χ0n) is 27.0. The minimum Gasteiger partial charge on any atom is -0.445 e. The number of hydrogen-bond acceptors (Lipinski definition) is 6. The number of nitrogens with zero attached hydrogens (tertiary/aromatic N) is 1. The number of alkyl carbamates (subject to hydrolysis) is 1. The fourth-order valence-electron chi connectivity index (χ4n) is 4.29. The number of guanidine groups is 1. The molecule has 0 heterocycles. The van der Waals surface area contributed by atoms with Crippen LogP contribution in [0.25, 0.3) is 0 Å². The lowest BCUT2D eigenvalue weighted by molar-refractivity contribution is -0.131. The third-order valence-electron chi connectivity index (χ3n) is 6.82. The second-order valence-corrected chi connectivity index (χ2v) is 11.6. The van der Waals surface area contributed by atoms with Crippen molar-refractivity contribution < 1.29 is 23.9 Å². The zero-order valence-corrected chi connectivity index (χ0v) is 27.0. The van der Waals surface area contributed by atoms with Crippen LogP contribution in [0.1, 0.15) is 58.1 Å². The van der Waals surface area contributed by atoms with E-state index in [-0.39, 0.29) is 43.9 Å². The molecule has 0 bridgehead atoms. The Hall–Kier alpha value is -5.05. The number of amides is 4. The Bertz CT molecular complexity index is 1350. The Balaban J connectivity index is 2.07. The van der Waals surface area contributed by atoms with Gasteiger partial charge in [-0.15, -0.1) is 0 Å². The van der Waals surface area contributed by atoms with E-state index in [1.807, 2.05) is 76.2 Å². The van der Waals surface area contributed by atoms with Gasteiger partial charge in [0.05, 0.1) is 0 Å². The van der Waals surface area contributed by atoms with E-state index in [1.165, 1.54) is 0 Å². The summed E-state index contributed by atoms with van der Waals surface area (Å²) in [4.78, 5) is 55.9. The number of ether oxygens (including phenoxy) is 1. The molecule has 0 saturated carbocycles. The maximum absolute atomic E-state index is 13.5. The summed E-state index contributed by atoms with van der Waals surface area (Å²) in [5, 5.41) is 11.1. The Kier molecular flexibility index (Phi) is 16.2. The summed E-state index contributed by atoms with van der Waals surface area (Å²) in [6.45, 7) is 8.13. The molecule has 0 spiro atoms. The lowest BCUT2D eigenvalue weighted by Crippen LogP contribution is -2.57. The molecular formula is C34H47N7O5. The van der Waals surface area contributed by atoms with Crippen LogP contribution >= 0.6 is 0 Å². The fourth-order valence-corrected chi connectivity index (χ4v) is 4.29. The molecule has 8 N–H and O–H groups in total. The first-order chi connectivity index (χ1) is 21.9. The van der Waals surface area contributed by atoms with Gasteiger partial charge in [0, 0.05) is 30.6 Å². The summed E-state index contributed by atoms with van der Waals surface area (Å²) in [7, 11) is 0. The van der Waals surface area contributed by atoms with Crippen molar-refractivity contribution in [3.8, 4) is 11.8 Å². The van der Waals surface area contributed by atoms with Crippen molar-refractivity contribution in [3.05, 3.63) is 71.8 Å². The Labute approximate surface area is 271 Å². The van der Waals surface area contributed by atoms with Gasteiger partial charge >= 0.3 is 6.09 Å². The molecule has 4 amide bonds. The van der Waals surface area contributed by atoms with E-state index in [4.69, 9.17) is 16.2 Å². The highest BCUT2D eigenvalue weighted by Gasteiger charge is 2.29. The summed E-state index contributed by atoms with van der Waals surface area (Å²) < 4.78 is 5.32. The van der Waals surface area contributed by atoms with Gasteiger partial charge in [0.1, 0.15) is 18.7 Å². The van der Waals surface area contributed by atoms with Crippen molar-refractivity contribution in [1.29, 1.82) is 0 Å². The first-order valence-corrected chi connectivity index (χ1v) is 15.4. The molecule has 0 fully saturated rings. The van der Waals surface area contributed by atoms with Crippen LogP contribution in [-0.4, -0.2) is 61.0 Å². The summed E-state index contributed by atoms with van der Waals surface area (Å²) >= 11 is 0. The Morgan fingerprint density at radius 1 is 0.848 bits per heavy atom. The molecule has 3 atom stereocenters. The number of hydrogen-bond donors (Lipinski definition) is 6. The topological polar surface area (TPSA) is 190 Å². The van der Waals surface area contributed by atoms with Crippen molar-refractivity contribution >= 4 is 29.8 Å². The van der Waals surface area contributed by atoms with Gasteiger partial charge < -0.3 is 37.5 Å². The molecular weight excluding hydrogens is 586 g/mol. The first kappa shape index (κ1) is 37.1. The SMILES string of the molecule is CC(C)C[C@H](NC(=O)[C@H](CCCN=C(N)N)NC(=O)OCc1ccccc1)C(=O)N[C@H](CNC(=O)C#Cc1ccccc1)C(C)C. The molecule has 12 heteroatoms. The second kappa shape index (κ2) is 20.1. The maximum Gasteiger partial charge on any atom is 0.408 e. The molecule has 0 aliphatic carbocycles. The van der Waals surface area contributed by atoms with Crippen molar-refractivity contribution in [2.45, 2.75) is 71.7 Å². The molecule has 2 aromatic carbocycles. The van der Waals surface area contributed by atoms with Gasteiger partial charge in [0.2, 0.25) is 11.8 Å². The van der Waals surface area contributed by atoms with Crippen LogP contribution in [0.4, 0.5) is 4.79 Å². The van der Waals surface area contributed by atoms with Gasteiger partial charge in [-0.2, -0.15) is 0 Å². The number of carbonyl (C=O) groups excluding carboxylic acids is 4. The average Bonchev–Trinajstić information content (AvgIpc) is 3.02. The molecule has 0 aromatic heterocycles. The van der Waals surface area contributed by atoms with Crippen LogP contribution in [0.3, 0.4) is 0 Å². The predicted molar refractivity (Wildman–Crippen MR) is 178 cm³/mol. The van der Waals surface area contributed by atoms with Crippen LogP contribution in [-0.2, 0) is 25.7 Å². The van der Waals surface area contributed by atoms with Crippen molar-refractivity contribution in [2.24, 2.45) is 28.3 Å². The molecule has 0 aliphatic heterocycles. The third-order valence-corrected chi connectivity index (χ3v) is 6.82. The van der Waals surface area contributed by atoms with Crippen molar-refractivity contribution in [2.75, 3.05) is 13.1 Å². The quantitative estimate of drug-likeness (QED) is 0.0707. The van der Waals surface area contributed by atoms with Crippen LogP contribution in [0.15, 0.2) is 65.7 Å². The molecule has 0 aliphatic rings. The highest BCUT2D eigenvalue weighted by Crippen LogP contribution is 2.10. The van der Waals surface area contributed by atoms with E-state index in [9.17, 15) is 19.2 Å². The predicted octanol–water partition coefficient (Wildman–Crippen LogP) is 2.17. The molecule has 46 heavy (non-hydrogen) atoms. The molecule has 0 saturated heterocycles. The summed E-state index contributed by atoms with van der Waals surface area (Å²) in [5.41, 5.74) is 12.3. The van der Waals surface area contributed by atoms with Crippen LogP contribution in [0.5, 0.6) is 0 Å². The Morgan fingerprint density at radius 2 is 1.48 bits per heavy atom. The van der Waals surface area contributed by atoms with Gasteiger partial charge in [-0.05, 0) is 48.8 Å². The van der Waals surface area contributed by atoms with E-state index in [0.29, 0.717) is 18.4 Å². The monoisotopic (exact) mass is 633 g/mol. The second-order valence-electron chi connectivity index (χ2n) is 11.6. The average molecular weight is 634 g/mol. The van der Waals surface area contributed by atoms with E-state index < -0.39 is 41.9 Å². The molecule has 248 valence electrons. The number of benzene rings is 2. The van der Waals surface area contributed by atoms with E-state index in [0.717, 1.165) is 5.56 Å². The standard InChI is InChI=1S/C34H47N7O5/c1-23(2)20-28(32(44)40-29(24(3)4)21-38-30(42)18-17-25-12-7-5-8-13-25)39-31(43)27(16-11-19-37-33(35)36)41-34(45)46-22-26-14-9-6-10-15-26/h5-10,12-15,23-24,27-29H,11,16,19-22H2,1-4H3,(H,38,42)(H,39,43)(H,40,44)(H,41,45)(H4,35,36,37)/t27-,28-,29+/m0/s1. The molecule has 2 rings (SSSR count). The summed E-state index contributed by atoms with van der Waals surface area (Å²) in [5.74, 6) is 3.89. The summed E-state index contributed by atoms with van der Waals surface area (Å²) in [6.07, 6.45) is 0.153. The summed E-state index contributed by atoms with van der Waals surface area (Å²) in [6, 6.07) is 15.9. The molecule has 2 aromatic rings. The minimum absolute atomic E-state index is 0.0262. The molecule has 12 nitrogen and oxygen atoms in total. The number of carbonyl (C=O) groups is 4. The third kappa shape index (κ3) is 15.1. The van der Waals surface area contributed by atoms with E-state index in [2.05, 4.69) is 38.1 Å². The number of nitrogens with two attached hydrogens (primary N) is 2. The van der Waals surface area contributed by atoms with E-state index in [1.54, 1.807) is 12.1 Å². The van der Waals surface area contributed by atoms with Gasteiger partial charge in [-0.3, -0.25) is 19.4 Å². The largest absolute Gasteiger partial charge is 0.445 e. The van der Waals surface area contributed by atoms with Crippen molar-refractivity contribution in [1.82, 2.24) is 21.3 Å². The van der Waals surface area contributed by atoms with Gasteiger partial charge in [0.15, 0.2) is 5.96 Å². The highest BCUT2D eigenvalue weighted by molar-refractivity contribution is 5.94. The maximum atomic E-state index is 13.5. The number of nitrogens with one attached hydrogen (secondary N) is 4. The first-order valence-electron chi connectivity index (χ1n) is 15.4. The fraction of sp³-hybridized carbons (Fsp3) is 0.441. The van der Waals surface area contributed by atoms with E-state index >= 15 is 0 Å². The molecule has 0 radical (unpaired) electrons. The van der Waals surface area contributed by atoms with Crippen LogP contribution < -0.4 is 32.7 Å². The van der Waals surface area contributed by atoms with Gasteiger partial charge in [-0.1, -0.05) is 82.1 Å². The number of aliphatic imine (C=N–C) groups is 1. The normalized spacial score (nSPS) is 12.5. The highest BCUT2D eigenvalue weighted by atomic mass is 16.5. The smallest absolute Gasteiger partial charge is 0.408 e. The minimum atomic E-state index is -1.01. The van der Waals surface area contributed by atoms with Crippen LogP contribution in [0, 0.1) is 23.7 Å². The lowest BCUT2D eigenvalue weighted by atomic mass is 9.99. The van der Waals surface area contributed by atoms with Gasteiger partial charge in [0.25, 0.3) is 5.91 Å². The molecule has 0 unspecified atom stereocenters. The van der Waals surface area contributed by atoms with Crippen molar-refractivity contribution in [3.63, 3.8) is 0 Å². The Morgan fingerprint density at radius 3 is 2.09 bits per heavy atom. The lowest BCUT2D eigenvalue weighted by Gasteiger charge is -2.28.